The van der Waals surface area contributed by atoms with Gasteiger partial charge in [-0.05, 0) is 61.1 Å². The van der Waals surface area contributed by atoms with Crippen LogP contribution in [0, 0.1) is 0 Å². The molecule has 0 saturated carbocycles. The third kappa shape index (κ3) is 7.87. The fraction of sp³-hybridized carbons (Fsp3) is 0.429. The van der Waals surface area contributed by atoms with Gasteiger partial charge in [-0.15, -0.1) is 0 Å². The molecule has 0 radical (unpaired) electrons. The summed E-state index contributed by atoms with van der Waals surface area (Å²) in [5.41, 5.74) is 0.392. The third-order valence-electron chi connectivity index (χ3n) is 2.20. The molecule has 1 aromatic carbocycles. The van der Waals surface area contributed by atoms with Gasteiger partial charge < -0.3 is 20.7 Å². The predicted molar refractivity (Wildman–Crippen MR) is 92.6 cm³/mol. The lowest BCUT2D eigenvalue weighted by Gasteiger charge is -2.19. The highest BCUT2D eigenvalue weighted by Crippen LogP contribution is 2.20. The molecule has 5 nitrogen and oxygen atoms in total. The summed E-state index contributed by atoms with van der Waals surface area (Å²) in [6.45, 7) is 6.40. The molecule has 7 heteroatoms. The molecule has 21 heavy (non-hydrogen) atoms. The molecule has 1 aromatic rings. The summed E-state index contributed by atoms with van der Waals surface area (Å²) in [5.74, 6) is 0. The maximum Gasteiger partial charge on any atom is 0.407 e. The van der Waals surface area contributed by atoms with Crippen LogP contribution in [0.1, 0.15) is 20.8 Å². The van der Waals surface area contributed by atoms with E-state index in [0.717, 1.165) is 10.2 Å². The molecular weight excluding hydrogens is 354 g/mol. The van der Waals surface area contributed by atoms with E-state index < -0.39 is 11.7 Å². The minimum absolute atomic E-state index is 0.423. The quantitative estimate of drug-likeness (QED) is 0.558. The van der Waals surface area contributed by atoms with Crippen molar-refractivity contribution < 1.29 is 9.53 Å². The summed E-state index contributed by atoms with van der Waals surface area (Å²) in [6, 6.07) is 7.68. The SMILES string of the molecule is CC(C)(C)OC(=O)NCCNC(=S)Nc1ccccc1Br. The molecule has 0 heterocycles. The number of halogens is 1. The summed E-state index contributed by atoms with van der Waals surface area (Å²) in [6.07, 6.45) is -0.436. The van der Waals surface area contributed by atoms with E-state index in [2.05, 4.69) is 31.9 Å². The lowest BCUT2D eigenvalue weighted by Crippen LogP contribution is -2.39. The van der Waals surface area contributed by atoms with Gasteiger partial charge in [-0.25, -0.2) is 4.79 Å². The Labute approximate surface area is 139 Å². The second kappa shape index (κ2) is 8.19. The first-order valence-corrected chi connectivity index (χ1v) is 7.74. The molecule has 0 aliphatic heterocycles. The van der Waals surface area contributed by atoms with Crippen molar-refractivity contribution in [1.82, 2.24) is 10.6 Å². The Bertz CT molecular complexity index is 503. The van der Waals surface area contributed by atoms with E-state index in [0.29, 0.717) is 18.2 Å². The number of carbonyl (C=O) groups is 1. The summed E-state index contributed by atoms with van der Waals surface area (Å²) in [4.78, 5) is 11.4. The van der Waals surface area contributed by atoms with Crippen molar-refractivity contribution in [3.8, 4) is 0 Å². The Morgan fingerprint density at radius 3 is 2.48 bits per heavy atom. The predicted octanol–water partition coefficient (Wildman–Crippen LogP) is 3.26. The molecule has 0 fully saturated rings. The average molecular weight is 374 g/mol. The molecule has 1 amide bonds. The molecule has 0 saturated heterocycles. The van der Waals surface area contributed by atoms with Gasteiger partial charge in [0.05, 0.1) is 5.69 Å². The van der Waals surface area contributed by atoms with Crippen LogP contribution in [0.25, 0.3) is 0 Å². The number of ether oxygens (including phenoxy) is 1. The van der Waals surface area contributed by atoms with E-state index in [4.69, 9.17) is 17.0 Å². The first-order chi connectivity index (χ1) is 9.78. The van der Waals surface area contributed by atoms with Gasteiger partial charge in [-0.1, -0.05) is 12.1 Å². The number of rotatable bonds is 4. The Balaban J connectivity index is 2.23. The van der Waals surface area contributed by atoms with Gasteiger partial charge in [0.2, 0.25) is 0 Å². The van der Waals surface area contributed by atoms with E-state index in [-0.39, 0.29) is 0 Å². The van der Waals surface area contributed by atoms with Crippen molar-refractivity contribution in [1.29, 1.82) is 0 Å². The summed E-state index contributed by atoms with van der Waals surface area (Å²) in [7, 11) is 0. The number of para-hydroxylation sites is 1. The van der Waals surface area contributed by atoms with Gasteiger partial charge in [0, 0.05) is 17.6 Å². The number of benzene rings is 1. The van der Waals surface area contributed by atoms with E-state index in [1.807, 2.05) is 45.0 Å². The number of nitrogens with one attached hydrogen (secondary N) is 3. The van der Waals surface area contributed by atoms with Gasteiger partial charge >= 0.3 is 6.09 Å². The van der Waals surface area contributed by atoms with Crippen molar-refractivity contribution in [3.63, 3.8) is 0 Å². The second-order valence-electron chi connectivity index (χ2n) is 5.29. The number of hydrogen-bond donors (Lipinski definition) is 3. The van der Waals surface area contributed by atoms with E-state index >= 15 is 0 Å². The van der Waals surface area contributed by atoms with Crippen molar-refractivity contribution in [2.45, 2.75) is 26.4 Å². The molecule has 0 aliphatic carbocycles. The molecule has 0 bridgehead atoms. The lowest BCUT2D eigenvalue weighted by molar-refractivity contribution is 0.0529. The molecule has 0 atom stereocenters. The maximum absolute atomic E-state index is 11.4. The van der Waals surface area contributed by atoms with Crippen LogP contribution in [0.3, 0.4) is 0 Å². The first kappa shape index (κ1) is 17.7. The summed E-state index contributed by atoms with van der Waals surface area (Å²) < 4.78 is 6.06. The number of carbonyl (C=O) groups excluding carboxylic acids is 1. The van der Waals surface area contributed by atoms with Gasteiger partial charge in [0.15, 0.2) is 5.11 Å². The van der Waals surface area contributed by atoms with Gasteiger partial charge in [-0.2, -0.15) is 0 Å². The van der Waals surface area contributed by atoms with Crippen molar-refractivity contribution in [2.24, 2.45) is 0 Å². The Hall–Kier alpha value is -1.34. The average Bonchev–Trinajstić information content (AvgIpc) is 2.35. The number of thiocarbonyl (C=S) groups is 1. The molecule has 0 spiro atoms. The Morgan fingerprint density at radius 1 is 1.24 bits per heavy atom. The number of hydrogen-bond acceptors (Lipinski definition) is 3. The summed E-state index contributed by atoms with van der Waals surface area (Å²) >= 11 is 8.61. The molecular formula is C14H20BrN3O2S. The molecule has 1 rings (SSSR count). The van der Waals surface area contributed by atoms with Crippen molar-refractivity contribution in [2.75, 3.05) is 18.4 Å². The number of alkyl carbamates (subject to hydrolysis) is 1. The van der Waals surface area contributed by atoms with Crippen LogP contribution < -0.4 is 16.0 Å². The van der Waals surface area contributed by atoms with Gasteiger partial charge in [0.1, 0.15) is 5.60 Å². The summed E-state index contributed by atoms with van der Waals surface area (Å²) in [5, 5.41) is 9.21. The molecule has 116 valence electrons. The molecule has 0 unspecified atom stereocenters. The fourth-order valence-electron chi connectivity index (χ4n) is 1.38. The minimum Gasteiger partial charge on any atom is -0.444 e. The molecule has 0 aromatic heterocycles. The smallest absolute Gasteiger partial charge is 0.407 e. The largest absolute Gasteiger partial charge is 0.444 e. The first-order valence-electron chi connectivity index (χ1n) is 6.54. The fourth-order valence-corrected chi connectivity index (χ4v) is 1.98. The highest BCUT2D eigenvalue weighted by atomic mass is 79.9. The molecule has 0 aliphatic rings. The number of amides is 1. The van der Waals surface area contributed by atoms with Crippen molar-refractivity contribution >= 4 is 45.0 Å². The zero-order chi connectivity index (χ0) is 15.9. The van der Waals surface area contributed by atoms with Crippen LogP contribution >= 0.6 is 28.1 Å². The van der Waals surface area contributed by atoms with Crippen LogP contribution in [0.2, 0.25) is 0 Å². The highest BCUT2D eigenvalue weighted by molar-refractivity contribution is 9.10. The van der Waals surface area contributed by atoms with Gasteiger partial charge in [-0.3, -0.25) is 0 Å². The van der Waals surface area contributed by atoms with E-state index in [1.165, 1.54) is 0 Å². The van der Waals surface area contributed by atoms with Crippen molar-refractivity contribution in [3.05, 3.63) is 28.7 Å². The minimum atomic E-state index is -0.492. The normalized spacial score (nSPS) is 10.7. The zero-order valence-electron chi connectivity index (χ0n) is 12.3. The monoisotopic (exact) mass is 373 g/mol. The topological polar surface area (TPSA) is 62.4 Å². The Morgan fingerprint density at radius 2 is 1.86 bits per heavy atom. The molecule has 3 N–H and O–H groups in total. The highest BCUT2D eigenvalue weighted by Gasteiger charge is 2.15. The second-order valence-corrected chi connectivity index (χ2v) is 6.55. The standard InChI is InChI=1S/C14H20BrN3O2S/c1-14(2,3)20-13(19)17-9-8-16-12(21)18-11-7-5-4-6-10(11)15/h4-7H,8-9H2,1-3H3,(H,17,19)(H2,16,18,21). The van der Waals surface area contributed by atoms with E-state index in [9.17, 15) is 4.79 Å². The maximum atomic E-state index is 11.4. The lowest BCUT2D eigenvalue weighted by atomic mass is 10.2. The number of anilines is 1. The van der Waals surface area contributed by atoms with Crippen LogP contribution in [-0.2, 0) is 4.74 Å². The van der Waals surface area contributed by atoms with Crippen LogP contribution in [0.4, 0.5) is 10.5 Å². The third-order valence-corrected chi connectivity index (χ3v) is 3.14. The van der Waals surface area contributed by atoms with Crippen LogP contribution in [-0.4, -0.2) is 29.9 Å². The van der Waals surface area contributed by atoms with Crippen LogP contribution in [0.5, 0.6) is 0 Å². The van der Waals surface area contributed by atoms with Crippen LogP contribution in [0.15, 0.2) is 28.7 Å². The zero-order valence-corrected chi connectivity index (χ0v) is 14.7. The Kier molecular flexibility index (Phi) is 6.91. The van der Waals surface area contributed by atoms with E-state index in [1.54, 1.807) is 0 Å². The van der Waals surface area contributed by atoms with Gasteiger partial charge in [0.25, 0.3) is 0 Å².